The van der Waals surface area contributed by atoms with E-state index in [9.17, 15) is 4.79 Å². The Balaban J connectivity index is 1.24. The van der Waals surface area contributed by atoms with E-state index in [-0.39, 0.29) is 17.6 Å². The molecule has 1 amide bonds. The van der Waals surface area contributed by atoms with Crippen LogP contribution in [0.15, 0.2) is 17.5 Å². The van der Waals surface area contributed by atoms with Crippen molar-refractivity contribution in [1.29, 1.82) is 0 Å². The molecule has 1 N–H and O–H groups in total. The summed E-state index contributed by atoms with van der Waals surface area (Å²) in [6.07, 6.45) is 6.70. The quantitative estimate of drug-likeness (QED) is 0.900. The Bertz CT molecular complexity index is 533. The predicted octanol–water partition coefficient (Wildman–Crippen LogP) is 2.79. The lowest BCUT2D eigenvalue weighted by Gasteiger charge is -2.39. The predicted molar refractivity (Wildman–Crippen MR) is 91.4 cm³/mol. The molecule has 1 aliphatic carbocycles. The molecule has 23 heavy (non-hydrogen) atoms. The summed E-state index contributed by atoms with van der Waals surface area (Å²) in [5.74, 6) is 1.03. The molecule has 3 fully saturated rings. The summed E-state index contributed by atoms with van der Waals surface area (Å²) in [7, 11) is 0. The van der Waals surface area contributed by atoms with E-state index in [1.54, 1.807) is 11.3 Å². The number of carbonyl (C=O) groups excluding carboxylic acids is 1. The second-order valence-corrected chi connectivity index (χ2v) is 8.40. The molecule has 2 aliphatic heterocycles. The number of ether oxygens (including phenoxy) is 1. The summed E-state index contributed by atoms with van der Waals surface area (Å²) in [5, 5.41) is 5.07. The summed E-state index contributed by atoms with van der Waals surface area (Å²) in [6.45, 7) is 4.18. The van der Waals surface area contributed by atoms with Crippen LogP contribution < -0.4 is 5.32 Å². The Morgan fingerprint density at radius 1 is 1.30 bits per heavy atom. The molecule has 3 aliphatic rings. The number of hydrogen-bond donors (Lipinski definition) is 1. The van der Waals surface area contributed by atoms with Crippen molar-refractivity contribution >= 4 is 17.2 Å². The molecule has 1 aromatic rings. The molecule has 1 saturated carbocycles. The van der Waals surface area contributed by atoms with Crippen LogP contribution in [0.1, 0.15) is 43.4 Å². The summed E-state index contributed by atoms with van der Waals surface area (Å²) >= 11 is 1.68. The van der Waals surface area contributed by atoms with Gasteiger partial charge in [-0.2, -0.15) is 0 Å². The molecule has 0 bridgehead atoms. The first-order valence-electron chi connectivity index (χ1n) is 8.93. The maximum absolute atomic E-state index is 12.3. The van der Waals surface area contributed by atoms with Crippen molar-refractivity contribution in [3.8, 4) is 0 Å². The molecule has 1 aromatic heterocycles. The maximum Gasteiger partial charge on any atom is 0.249 e. The van der Waals surface area contributed by atoms with Gasteiger partial charge in [0.1, 0.15) is 6.10 Å². The standard InChI is InChI=1S/C18H26N2O2S/c21-17(19-12-15-2-1-11-23-15)16-5-6-18(22-16)7-9-20(10-8-18)13-14-3-4-14/h1-2,11,14,16H,3-10,12-13H2,(H,19,21). The SMILES string of the molecule is O=C(NCc1cccs1)C1CCC2(CCN(CC3CC3)CC2)O1. The molecule has 4 rings (SSSR count). The zero-order valence-corrected chi connectivity index (χ0v) is 14.4. The fourth-order valence-electron chi connectivity index (χ4n) is 3.88. The highest BCUT2D eigenvalue weighted by atomic mass is 32.1. The van der Waals surface area contributed by atoms with Gasteiger partial charge in [0.15, 0.2) is 0 Å². The largest absolute Gasteiger partial charge is 0.362 e. The molecule has 1 atom stereocenters. The van der Waals surface area contributed by atoms with E-state index in [1.807, 2.05) is 11.4 Å². The Hall–Kier alpha value is -0.910. The summed E-state index contributed by atoms with van der Waals surface area (Å²) < 4.78 is 6.26. The minimum Gasteiger partial charge on any atom is -0.362 e. The smallest absolute Gasteiger partial charge is 0.249 e. The number of likely N-dealkylation sites (tertiary alicyclic amines) is 1. The third-order valence-electron chi connectivity index (χ3n) is 5.54. The van der Waals surface area contributed by atoms with Crippen LogP contribution >= 0.6 is 11.3 Å². The lowest BCUT2D eigenvalue weighted by Crippen LogP contribution is -2.46. The van der Waals surface area contributed by atoms with Gasteiger partial charge in [-0.05, 0) is 55.9 Å². The Morgan fingerprint density at radius 3 is 2.83 bits per heavy atom. The highest BCUT2D eigenvalue weighted by Crippen LogP contribution is 2.40. The number of carbonyl (C=O) groups is 1. The van der Waals surface area contributed by atoms with Crippen LogP contribution in [-0.4, -0.2) is 42.1 Å². The van der Waals surface area contributed by atoms with E-state index >= 15 is 0 Å². The van der Waals surface area contributed by atoms with Crippen molar-refractivity contribution in [2.24, 2.45) is 5.92 Å². The fourth-order valence-corrected chi connectivity index (χ4v) is 4.52. The molecule has 126 valence electrons. The summed E-state index contributed by atoms with van der Waals surface area (Å²) in [5.41, 5.74) is -0.0228. The summed E-state index contributed by atoms with van der Waals surface area (Å²) in [6, 6.07) is 4.07. The zero-order chi connectivity index (χ0) is 15.7. The van der Waals surface area contributed by atoms with Gasteiger partial charge in [-0.15, -0.1) is 11.3 Å². The second kappa shape index (κ2) is 6.54. The summed E-state index contributed by atoms with van der Waals surface area (Å²) in [4.78, 5) is 16.1. The molecule has 3 heterocycles. The lowest BCUT2D eigenvalue weighted by molar-refractivity contribution is -0.140. The van der Waals surface area contributed by atoms with Crippen molar-refractivity contribution in [2.45, 2.75) is 56.8 Å². The zero-order valence-electron chi connectivity index (χ0n) is 13.6. The highest BCUT2D eigenvalue weighted by Gasteiger charge is 2.45. The first kappa shape index (κ1) is 15.6. The van der Waals surface area contributed by atoms with Gasteiger partial charge in [0.05, 0.1) is 12.1 Å². The van der Waals surface area contributed by atoms with Crippen molar-refractivity contribution in [1.82, 2.24) is 10.2 Å². The molecule has 4 nitrogen and oxygen atoms in total. The van der Waals surface area contributed by atoms with Gasteiger partial charge in [0.2, 0.25) is 5.91 Å². The van der Waals surface area contributed by atoms with Gasteiger partial charge >= 0.3 is 0 Å². The molecular weight excluding hydrogens is 308 g/mol. The van der Waals surface area contributed by atoms with Crippen LogP contribution in [0.2, 0.25) is 0 Å². The number of nitrogens with one attached hydrogen (secondary N) is 1. The monoisotopic (exact) mass is 334 g/mol. The Kier molecular flexibility index (Phi) is 4.43. The van der Waals surface area contributed by atoms with Crippen LogP contribution in [0.4, 0.5) is 0 Å². The highest BCUT2D eigenvalue weighted by molar-refractivity contribution is 7.09. The number of rotatable bonds is 5. The molecule has 0 radical (unpaired) electrons. The van der Waals surface area contributed by atoms with Gasteiger partial charge in [0, 0.05) is 24.5 Å². The van der Waals surface area contributed by atoms with Crippen LogP contribution in [-0.2, 0) is 16.1 Å². The maximum atomic E-state index is 12.3. The Morgan fingerprint density at radius 2 is 2.13 bits per heavy atom. The molecule has 0 aromatic carbocycles. The number of piperidine rings is 1. The molecule has 1 spiro atoms. The van der Waals surface area contributed by atoms with Gasteiger partial charge in [-0.25, -0.2) is 0 Å². The Labute approximate surface area is 142 Å². The van der Waals surface area contributed by atoms with Crippen molar-refractivity contribution in [3.63, 3.8) is 0 Å². The second-order valence-electron chi connectivity index (χ2n) is 7.37. The minimum atomic E-state index is -0.245. The lowest BCUT2D eigenvalue weighted by atomic mass is 9.88. The van der Waals surface area contributed by atoms with E-state index in [2.05, 4.69) is 16.3 Å². The van der Waals surface area contributed by atoms with Gasteiger partial charge in [-0.1, -0.05) is 6.07 Å². The molecule has 2 saturated heterocycles. The van der Waals surface area contributed by atoms with Crippen LogP contribution in [0.5, 0.6) is 0 Å². The van der Waals surface area contributed by atoms with Crippen molar-refractivity contribution in [2.75, 3.05) is 19.6 Å². The fraction of sp³-hybridized carbons (Fsp3) is 0.722. The van der Waals surface area contributed by atoms with Crippen molar-refractivity contribution in [3.05, 3.63) is 22.4 Å². The average molecular weight is 334 g/mol. The van der Waals surface area contributed by atoms with E-state index in [0.717, 1.165) is 44.7 Å². The number of hydrogen-bond acceptors (Lipinski definition) is 4. The number of nitrogens with zero attached hydrogens (tertiary/aromatic N) is 1. The molecule has 5 heteroatoms. The van der Waals surface area contributed by atoms with Crippen LogP contribution in [0, 0.1) is 5.92 Å². The van der Waals surface area contributed by atoms with Crippen molar-refractivity contribution < 1.29 is 9.53 Å². The van der Waals surface area contributed by atoms with Gasteiger partial charge < -0.3 is 15.0 Å². The van der Waals surface area contributed by atoms with Crippen LogP contribution in [0.25, 0.3) is 0 Å². The topological polar surface area (TPSA) is 41.6 Å². The molecular formula is C18H26N2O2S. The van der Waals surface area contributed by atoms with Crippen LogP contribution in [0.3, 0.4) is 0 Å². The first-order valence-corrected chi connectivity index (χ1v) is 9.81. The number of amides is 1. The van der Waals surface area contributed by atoms with Gasteiger partial charge in [0.25, 0.3) is 0 Å². The van der Waals surface area contributed by atoms with E-state index < -0.39 is 0 Å². The number of thiophene rings is 1. The third-order valence-corrected chi connectivity index (χ3v) is 6.42. The molecule has 1 unspecified atom stereocenters. The first-order chi connectivity index (χ1) is 11.2. The minimum absolute atomic E-state index is 0.0228. The third kappa shape index (κ3) is 3.78. The van der Waals surface area contributed by atoms with Gasteiger partial charge in [-0.3, -0.25) is 4.79 Å². The normalized spacial score (nSPS) is 27.4. The average Bonchev–Trinajstić information content (AvgIpc) is 3.07. The van der Waals surface area contributed by atoms with E-state index in [1.165, 1.54) is 24.3 Å². The van der Waals surface area contributed by atoms with E-state index in [0.29, 0.717) is 6.54 Å². The van der Waals surface area contributed by atoms with E-state index in [4.69, 9.17) is 4.74 Å².